The van der Waals surface area contributed by atoms with Crippen LogP contribution < -0.4 is 5.32 Å². The molecule has 1 heterocycles. The van der Waals surface area contributed by atoms with Crippen molar-refractivity contribution in [2.45, 2.75) is 38.5 Å². The fourth-order valence-corrected chi connectivity index (χ4v) is 5.43. The molecule has 1 N–H and O–H groups in total. The summed E-state index contributed by atoms with van der Waals surface area (Å²) in [6.07, 6.45) is 0.888. The molecule has 4 rings (SSSR count). The number of ether oxygens (including phenoxy) is 1. The summed E-state index contributed by atoms with van der Waals surface area (Å²) in [4.78, 5) is 37.6. The number of thioether (sulfide) groups is 1. The largest absolute Gasteiger partial charge is 0.461 e. The minimum absolute atomic E-state index is 0.0223. The minimum atomic E-state index is -0.660. The van der Waals surface area contributed by atoms with Crippen LogP contribution in [0.15, 0.2) is 71.1 Å². The van der Waals surface area contributed by atoms with Gasteiger partial charge in [0, 0.05) is 52.2 Å². The van der Waals surface area contributed by atoms with E-state index in [1.807, 2.05) is 31.2 Å². The normalized spacial score (nSPS) is 19.6. The maximum atomic E-state index is 13.6. The smallest absolute Gasteiger partial charge is 0.336 e. The number of halogens is 1. The van der Waals surface area contributed by atoms with Crippen LogP contribution in [0.2, 0.25) is 5.02 Å². The molecule has 0 bridgehead atoms. The second kappa shape index (κ2) is 11.3. The van der Waals surface area contributed by atoms with Gasteiger partial charge in [0.25, 0.3) is 5.69 Å². The number of nitrogens with zero attached hydrogens (tertiary/aromatic N) is 1. The highest BCUT2D eigenvalue weighted by Crippen LogP contribution is 2.46. The topological polar surface area (TPSA) is 98.5 Å². The lowest BCUT2D eigenvalue weighted by Crippen LogP contribution is -2.36. The summed E-state index contributed by atoms with van der Waals surface area (Å²) >= 11 is 7.72. The van der Waals surface area contributed by atoms with Crippen LogP contribution in [0.3, 0.4) is 0 Å². The van der Waals surface area contributed by atoms with Crippen LogP contribution >= 0.6 is 23.4 Å². The fourth-order valence-electron chi connectivity index (χ4n) is 4.82. The van der Waals surface area contributed by atoms with Gasteiger partial charge in [-0.3, -0.25) is 14.9 Å². The Bertz CT molecular complexity index is 1240. The van der Waals surface area contributed by atoms with E-state index in [-0.39, 0.29) is 24.0 Å². The van der Waals surface area contributed by atoms with Crippen molar-refractivity contribution in [1.29, 1.82) is 0 Å². The van der Waals surface area contributed by atoms with E-state index in [1.165, 1.54) is 12.1 Å². The van der Waals surface area contributed by atoms with E-state index in [9.17, 15) is 19.7 Å². The SMILES string of the molecule is CCSCCOC(=O)C1=C(C)NC2=C(C(=O)C[C@H](c3ccc(Cl)cc3)C2)[C@@H]1c1ccc([N+](=O)[O-])cc1. The number of dihydropyridines is 1. The third kappa shape index (κ3) is 5.50. The summed E-state index contributed by atoms with van der Waals surface area (Å²) in [7, 11) is 0. The number of nitrogens with one attached hydrogen (secondary N) is 1. The quantitative estimate of drug-likeness (QED) is 0.198. The average Bonchev–Trinajstić information content (AvgIpc) is 2.86. The summed E-state index contributed by atoms with van der Waals surface area (Å²) in [5.41, 5.74) is 3.88. The standard InChI is InChI=1S/C27H27ClN2O5S/c1-3-36-13-12-35-27(32)24-16(2)29-22-14-19(17-4-8-20(28)9-5-17)15-23(31)26(22)25(24)18-6-10-21(11-7-18)30(33)34/h4-11,19,25,29H,3,12-15H2,1-2H3/t19-,25-/m1/s1. The molecule has 0 spiro atoms. The molecule has 0 saturated heterocycles. The molecule has 188 valence electrons. The van der Waals surface area contributed by atoms with Gasteiger partial charge in [-0.25, -0.2) is 4.79 Å². The minimum Gasteiger partial charge on any atom is -0.461 e. The molecule has 2 atom stereocenters. The van der Waals surface area contributed by atoms with Gasteiger partial charge in [0.05, 0.1) is 10.5 Å². The van der Waals surface area contributed by atoms with Gasteiger partial charge in [0.15, 0.2) is 5.78 Å². The Morgan fingerprint density at radius 3 is 2.44 bits per heavy atom. The highest BCUT2D eigenvalue weighted by molar-refractivity contribution is 7.99. The molecular formula is C27H27ClN2O5S. The van der Waals surface area contributed by atoms with E-state index in [0.717, 1.165) is 17.0 Å². The molecule has 0 saturated carbocycles. The summed E-state index contributed by atoms with van der Waals surface area (Å²) in [6, 6.07) is 13.5. The van der Waals surface area contributed by atoms with Gasteiger partial charge < -0.3 is 10.1 Å². The first-order chi connectivity index (χ1) is 17.3. The number of ketones is 1. The van der Waals surface area contributed by atoms with E-state index in [4.69, 9.17) is 16.3 Å². The molecule has 1 aliphatic carbocycles. The van der Waals surface area contributed by atoms with Crippen LogP contribution in [0.5, 0.6) is 0 Å². The van der Waals surface area contributed by atoms with Crippen molar-refractivity contribution in [3.05, 3.63) is 97.3 Å². The predicted molar refractivity (Wildman–Crippen MR) is 141 cm³/mol. The maximum absolute atomic E-state index is 13.6. The number of non-ortho nitro benzene ring substituents is 1. The highest BCUT2D eigenvalue weighted by atomic mass is 35.5. The lowest BCUT2D eigenvalue weighted by molar-refractivity contribution is -0.384. The Morgan fingerprint density at radius 1 is 1.14 bits per heavy atom. The van der Waals surface area contributed by atoms with Gasteiger partial charge in [-0.15, -0.1) is 0 Å². The number of esters is 1. The number of carbonyl (C=O) groups is 2. The van der Waals surface area contributed by atoms with Crippen molar-refractivity contribution in [2.24, 2.45) is 0 Å². The van der Waals surface area contributed by atoms with E-state index in [0.29, 0.717) is 46.0 Å². The molecule has 0 fully saturated rings. The molecule has 1 aliphatic heterocycles. The number of nitro groups is 1. The van der Waals surface area contributed by atoms with Gasteiger partial charge in [-0.05, 0) is 48.3 Å². The first-order valence-electron chi connectivity index (χ1n) is 11.8. The zero-order valence-electron chi connectivity index (χ0n) is 20.1. The van der Waals surface area contributed by atoms with Crippen molar-refractivity contribution in [2.75, 3.05) is 18.1 Å². The first kappa shape index (κ1) is 26.0. The molecule has 0 amide bonds. The number of hydrogen-bond acceptors (Lipinski definition) is 7. The van der Waals surface area contributed by atoms with E-state index < -0.39 is 16.8 Å². The number of hydrogen-bond donors (Lipinski definition) is 1. The average molecular weight is 527 g/mol. The summed E-state index contributed by atoms with van der Waals surface area (Å²) in [6.45, 7) is 4.10. The Balaban J connectivity index is 1.72. The Labute approximate surface area is 219 Å². The molecule has 0 radical (unpaired) electrons. The van der Waals surface area contributed by atoms with Crippen molar-refractivity contribution in [3.8, 4) is 0 Å². The van der Waals surface area contributed by atoms with Gasteiger partial charge in [-0.2, -0.15) is 11.8 Å². The number of rotatable bonds is 8. The molecule has 2 aliphatic rings. The monoisotopic (exact) mass is 526 g/mol. The zero-order valence-corrected chi connectivity index (χ0v) is 21.7. The summed E-state index contributed by atoms with van der Waals surface area (Å²) < 4.78 is 5.57. The molecule has 2 aromatic carbocycles. The zero-order chi connectivity index (χ0) is 25.8. The van der Waals surface area contributed by atoms with Crippen molar-refractivity contribution in [3.63, 3.8) is 0 Å². The molecule has 7 nitrogen and oxygen atoms in total. The fraction of sp³-hybridized carbons (Fsp3) is 0.333. The predicted octanol–water partition coefficient (Wildman–Crippen LogP) is 5.91. The maximum Gasteiger partial charge on any atom is 0.336 e. The second-order valence-electron chi connectivity index (χ2n) is 8.75. The Kier molecular flexibility index (Phi) is 8.16. The number of benzene rings is 2. The number of carbonyl (C=O) groups excluding carboxylic acids is 2. The molecule has 9 heteroatoms. The van der Waals surface area contributed by atoms with Crippen LogP contribution in [0.1, 0.15) is 49.7 Å². The Morgan fingerprint density at radius 2 is 1.81 bits per heavy atom. The second-order valence-corrected chi connectivity index (χ2v) is 10.6. The van der Waals surface area contributed by atoms with Crippen LogP contribution in [0.25, 0.3) is 0 Å². The van der Waals surface area contributed by atoms with Crippen LogP contribution in [0.4, 0.5) is 5.69 Å². The molecule has 2 aromatic rings. The first-order valence-corrected chi connectivity index (χ1v) is 13.3. The number of Topliss-reactive ketones (excluding diaryl/α,β-unsaturated/α-hetero) is 1. The van der Waals surface area contributed by atoms with Crippen molar-refractivity contribution < 1.29 is 19.2 Å². The van der Waals surface area contributed by atoms with E-state index in [2.05, 4.69) is 5.32 Å². The molecule has 36 heavy (non-hydrogen) atoms. The highest BCUT2D eigenvalue weighted by Gasteiger charge is 2.41. The lowest BCUT2D eigenvalue weighted by Gasteiger charge is -2.36. The van der Waals surface area contributed by atoms with Crippen LogP contribution in [0, 0.1) is 10.1 Å². The van der Waals surface area contributed by atoms with Gasteiger partial charge in [0.2, 0.25) is 0 Å². The van der Waals surface area contributed by atoms with Crippen LogP contribution in [-0.2, 0) is 14.3 Å². The van der Waals surface area contributed by atoms with Crippen LogP contribution in [-0.4, -0.2) is 34.8 Å². The number of allylic oxidation sites excluding steroid dienone is 3. The van der Waals surface area contributed by atoms with E-state index in [1.54, 1.807) is 30.8 Å². The molecule has 0 aromatic heterocycles. The molecular weight excluding hydrogens is 500 g/mol. The van der Waals surface area contributed by atoms with Gasteiger partial charge in [0.1, 0.15) is 6.61 Å². The van der Waals surface area contributed by atoms with Crippen molar-refractivity contribution >= 4 is 40.8 Å². The number of nitro benzene ring substituents is 1. The van der Waals surface area contributed by atoms with Gasteiger partial charge >= 0.3 is 5.97 Å². The Hall–Kier alpha value is -3.10. The van der Waals surface area contributed by atoms with Gasteiger partial charge in [-0.1, -0.05) is 42.8 Å². The summed E-state index contributed by atoms with van der Waals surface area (Å²) in [5.74, 6) is 0.370. The third-order valence-corrected chi connectivity index (χ3v) is 7.61. The van der Waals surface area contributed by atoms with Crippen molar-refractivity contribution in [1.82, 2.24) is 5.32 Å². The molecule has 0 unspecified atom stereocenters. The third-order valence-electron chi connectivity index (χ3n) is 6.49. The van der Waals surface area contributed by atoms with E-state index >= 15 is 0 Å². The lowest BCUT2D eigenvalue weighted by atomic mass is 9.71. The summed E-state index contributed by atoms with van der Waals surface area (Å²) in [5, 5.41) is 15.1.